The van der Waals surface area contributed by atoms with Gasteiger partial charge in [0.2, 0.25) is 5.91 Å². The molecule has 0 bridgehead atoms. The van der Waals surface area contributed by atoms with Crippen molar-refractivity contribution >= 4 is 5.91 Å². The fraction of sp³-hybridized carbons (Fsp3) is 0.900. The molecule has 0 aliphatic carbocycles. The third kappa shape index (κ3) is 2.02. The minimum atomic E-state index is 0.0636. The van der Waals surface area contributed by atoms with Crippen molar-refractivity contribution in [3.8, 4) is 0 Å². The molecule has 13 heavy (non-hydrogen) atoms. The van der Waals surface area contributed by atoms with Gasteiger partial charge in [-0.1, -0.05) is 0 Å². The summed E-state index contributed by atoms with van der Waals surface area (Å²) in [6.07, 6.45) is 0. The second-order valence-corrected chi connectivity index (χ2v) is 3.93. The van der Waals surface area contributed by atoms with Crippen LogP contribution in [0, 0.1) is 0 Å². The lowest BCUT2D eigenvalue weighted by molar-refractivity contribution is -0.141. The Morgan fingerprint density at radius 3 is 2.54 bits per heavy atom. The molecule has 1 aliphatic rings. The Morgan fingerprint density at radius 1 is 1.46 bits per heavy atom. The average molecular weight is 184 g/mol. The van der Waals surface area contributed by atoms with Gasteiger partial charge in [0.15, 0.2) is 0 Å². The van der Waals surface area contributed by atoms with Gasteiger partial charge in [-0.3, -0.25) is 9.69 Å². The predicted molar refractivity (Wildman–Crippen MR) is 53.6 cm³/mol. The summed E-state index contributed by atoms with van der Waals surface area (Å²) in [6.45, 7) is 11.1. The van der Waals surface area contributed by atoms with Crippen molar-refractivity contribution in [3.05, 3.63) is 0 Å². The second kappa shape index (κ2) is 4.09. The average Bonchev–Trinajstić information content (AvgIpc) is 2.09. The van der Waals surface area contributed by atoms with E-state index in [2.05, 4.69) is 18.7 Å². The van der Waals surface area contributed by atoms with Crippen LogP contribution in [-0.2, 0) is 4.79 Å². The fourth-order valence-electron chi connectivity index (χ4n) is 1.97. The topological polar surface area (TPSA) is 23.6 Å². The fourth-order valence-corrected chi connectivity index (χ4v) is 1.97. The standard InChI is InChI=1S/C10H20N2O/c1-5-11-6-7-12(8(2)3)9(4)10(11)13/h8-9H,5-7H2,1-4H3. The zero-order valence-corrected chi connectivity index (χ0v) is 9.08. The first-order valence-corrected chi connectivity index (χ1v) is 5.12. The molecule has 1 atom stereocenters. The van der Waals surface area contributed by atoms with Gasteiger partial charge in [-0.2, -0.15) is 0 Å². The summed E-state index contributed by atoms with van der Waals surface area (Å²) in [5, 5.41) is 0. The Kier molecular flexibility index (Phi) is 3.31. The molecule has 0 spiro atoms. The monoisotopic (exact) mass is 184 g/mol. The van der Waals surface area contributed by atoms with Crippen LogP contribution in [0.4, 0.5) is 0 Å². The van der Waals surface area contributed by atoms with Gasteiger partial charge < -0.3 is 4.90 Å². The van der Waals surface area contributed by atoms with Crippen LogP contribution in [0.25, 0.3) is 0 Å². The van der Waals surface area contributed by atoms with E-state index >= 15 is 0 Å². The molecule has 0 saturated carbocycles. The Hall–Kier alpha value is -0.570. The van der Waals surface area contributed by atoms with Crippen LogP contribution in [0.15, 0.2) is 0 Å². The zero-order valence-electron chi connectivity index (χ0n) is 9.08. The summed E-state index contributed by atoms with van der Waals surface area (Å²) in [5.41, 5.74) is 0. The number of carbonyl (C=O) groups excluding carboxylic acids is 1. The number of rotatable bonds is 2. The van der Waals surface area contributed by atoms with Gasteiger partial charge in [0, 0.05) is 25.7 Å². The van der Waals surface area contributed by atoms with Crippen molar-refractivity contribution in [1.82, 2.24) is 9.80 Å². The molecule has 1 unspecified atom stereocenters. The molecule has 0 N–H and O–H groups in total. The third-order valence-electron chi connectivity index (χ3n) is 2.84. The maximum absolute atomic E-state index is 11.8. The van der Waals surface area contributed by atoms with Crippen LogP contribution in [0.2, 0.25) is 0 Å². The van der Waals surface area contributed by atoms with Gasteiger partial charge in [0.25, 0.3) is 0 Å². The molecule has 0 aromatic rings. The van der Waals surface area contributed by atoms with Crippen molar-refractivity contribution in [1.29, 1.82) is 0 Å². The molecular weight excluding hydrogens is 164 g/mol. The van der Waals surface area contributed by atoms with E-state index in [-0.39, 0.29) is 11.9 Å². The Labute approximate surface area is 80.7 Å². The number of hydrogen-bond acceptors (Lipinski definition) is 2. The largest absolute Gasteiger partial charge is 0.340 e. The molecule has 0 aromatic carbocycles. The molecule has 1 heterocycles. The van der Waals surface area contributed by atoms with E-state index in [1.165, 1.54) is 0 Å². The number of likely N-dealkylation sites (N-methyl/N-ethyl adjacent to an activating group) is 1. The highest BCUT2D eigenvalue weighted by Crippen LogP contribution is 2.13. The maximum Gasteiger partial charge on any atom is 0.239 e. The highest BCUT2D eigenvalue weighted by Gasteiger charge is 2.31. The molecule has 1 rings (SSSR count). The molecular formula is C10H20N2O. The Balaban J connectivity index is 2.64. The highest BCUT2D eigenvalue weighted by atomic mass is 16.2. The van der Waals surface area contributed by atoms with Gasteiger partial charge in [-0.15, -0.1) is 0 Å². The summed E-state index contributed by atoms with van der Waals surface area (Å²) < 4.78 is 0. The Bertz CT molecular complexity index is 191. The van der Waals surface area contributed by atoms with Gasteiger partial charge in [0.1, 0.15) is 0 Å². The van der Waals surface area contributed by atoms with Crippen molar-refractivity contribution in [2.75, 3.05) is 19.6 Å². The first-order valence-electron chi connectivity index (χ1n) is 5.12. The van der Waals surface area contributed by atoms with E-state index in [9.17, 15) is 4.79 Å². The van der Waals surface area contributed by atoms with E-state index in [0.717, 1.165) is 19.6 Å². The quantitative estimate of drug-likeness (QED) is 0.638. The van der Waals surface area contributed by atoms with Crippen molar-refractivity contribution in [3.63, 3.8) is 0 Å². The molecule has 0 aromatic heterocycles. The number of carbonyl (C=O) groups is 1. The van der Waals surface area contributed by atoms with E-state index < -0.39 is 0 Å². The minimum Gasteiger partial charge on any atom is -0.340 e. The maximum atomic E-state index is 11.8. The van der Waals surface area contributed by atoms with Crippen molar-refractivity contribution in [2.24, 2.45) is 0 Å². The minimum absolute atomic E-state index is 0.0636. The van der Waals surface area contributed by atoms with E-state index in [1.807, 2.05) is 18.7 Å². The summed E-state index contributed by atoms with van der Waals surface area (Å²) >= 11 is 0. The summed E-state index contributed by atoms with van der Waals surface area (Å²) in [4.78, 5) is 15.9. The molecule has 1 saturated heterocycles. The molecule has 1 aliphatic heterocycles. The first kappa shape index (κ1) is 10.5. The van der Waals surface area contributed by atoms with Crippen LogP contribution in [0.5, 0.6) is 0 Å². The first-order chi connectivity index (χ1) is 6.07. The molecule has 0 radical (unpaired) electrons. The van der Waals surface area contributed by atoms with Crippen LogP contribution < -0.4 is 0 Å². The molecule has 3 nitrogen and oxygen atoms in total. The lowest BCUT2D eigenvalue weighted by Crippen LogP contribution is -2.57. The van der Waals surface area contributed by atoms with Gasteiger partial charge in [-0.05, 0) is 27.7 Å². The number of nitrogens with zero attached hydrogens (tertiary/aromatic N) is 2. The van der Waals surface area contributed by atoms with Crippen molar-refractivity contribution < 1.29 is 4.79 Å². The van der Waals surface area contributed by atoms with E-state index in [4.69, 9.17) is 0 Å². The second-order valence-electron chi connectivity index (χ2n) is 3.93. The lowest BCUT2D eigenvalue weighted by Gasteiger charge is -2.40. The van der Waals surface area contributed by atoms with E-state index in [0.29, 0.717) is 6.04 Å². The number of amides is 1. The van der Waals surface area contributed by atoms with Crippen molar-refractivity contribution in [2.45, 2.75) is 39.8 Å². The van der Waals surface area contributed by atoms with E-state index in [1.54, 1.807) is 0 Å². The summed E-state index contributed by atoms with van der Waals surface area (Å²) in [5.74, 6) is 0.280. The number of piperazine rings is 1. The third-order valence-corrected chi connectivity index (χ3v) is 2.84. The SMILES string of the molecule is CCN1CCN(C(C)C)C(C)C1=O. The Morgan fingerprint density at radius 2 is 2.08 bits per heavy atom. The van der Waals surface area contributed by atoms with Crippen LogP contribution >= 0.6 is 0 Å². The smallest absolute Gasteiger partial charge is 0.239 e. The molecule has 1 fully saturated rings. The molecule has 1 amide bonds. The zero-order chi connectivity index (χ0) is 10.0. The summed E-state index contributed by atoms with van der Waals surface area (Å²) in [7, 11) is 0. The van der Waals surface area contributed by atoms with Gasteiger partial charge in [0.05, 0.1) is 6.04 Å². The molecule has 76 valence electrons. The highest BCUT2D eigenvalue weighted by molar-refractivity contribution is 5.82. The predicted octanol–water partition coefficient (Wildman–Crippen LogP) is 0.947. The summed E-state index contributed by atoms with van der Waals surface area (Å²) in [6, 6.07) is 0.534. The van der Waals surface area contributed by atoms with Gasteiger partial charge in [-0.25, -0.2) is 0 Å². The normalized spacial score (nSPS) is 25.8. The van der Waals surface area contributed by atoms with Crippen LogP contribution in [0.3, 0.4) is 0 Å². The van der Waals surface area contributed by atoms with Gasteiger partial charge >= 0.3 is 0 Å². The number of hydrogen-bond donors (Lipinski definition) is 0. The molecule has 3 heteroatoms. The van der Waals surface area contributed by atoms with Crippen LogP contribution in [-0.4, -0.2) is 47.4 Å². The lowest BCUT2D eigenvalue weighted by atomic mass is 10.1. The van der Waals surface area contributed by atoms with Crippen LogP contribution in [0.1, 0.15) is 27.7 Å².